The van der Waals surface area contributed by atoms with Crippen molar-refractivity contribution < 1.29 is 23.9 Å². The van der Waals surface area contributed by atoms with Crippen molar-refractivity contribution in [2.45, 2.75) is 6.92 Å². The van der Waals surface area contributed by atoms with Gasteiger partial charge in [-0.25, -0.2) is 9.88 Å². The van der Waals surface area contributed by atoms with Gasteiger partial charge in [0.05, 0.1) is 25.6 Å². The van der Waals surface area contributed by atoms with Gasteiger partial charge in [0.25, 0.3) is 17.7 Å². The van der Waals surface area contributed by atoms with E-state index in [1.54, 1.807) is 36.4 Å². The van der Waals surface area contributed by atoms with Crippen molar-refractivity contribution in [1.82, 2.24) is 4.98 Å². The van der Waals surface area contributed by atoms with Crippen LogP contribution in [0.4, 0.5) is 16.5 Å². The average molecular weight is 499 g/mol. The second kappa shape index (κ2) is 9.54. The van der Waals surface area contributed by atoms with Crippen LogP contribution in [0.25, 0.3) is 0 Å². The molecule has 0 aliphatic carbocycles. The number of carbonyl (C=O) groups is 3. The van der Waals surface area contributed by atoms with E-state index < -0.39 is 11.8 Å². The fraction of sp³-hybridized carbons (Fsp3) is 0.130. The normalized spacial score (nSPS) is 13.4. The van der Waals surface area contributed by atoms with Gasteiger partial charge in [0, 0.05) is 22.7 Å². The molecule has 9 nitrogen and oxygen atoms in total. The number of hydrogen-bond acceptors (Lipinski definition) is 8. The summed E-state index contributed by atoms with van der Waals surface area (Å²) in [6.45, 7) is 1.83. The molecule has 0 radical (unpaired) electrons. The summed E-state index contributed by atoms with van der Waals surface area (Å²) in [7, 11) is 2.91. The van der Waals surface area contributed by atoms with Gasteiger partial charge < -0.3 is 14.8 Å². The van der Waals surface area contributed by atoms with Crippen molar-refractivity contribution in [1.29, 1.82) is 0 Å². The van der Waals surface area contributed by atoms with Crippen LogP contribution in [0.1, 0.15) is 16.1 Å². The number of rotatable bonds is 7. The first-order valence-corrected chi connectivity index (χ1v) is 11.2. The first-order chi connectivity index (χ1) is 16.3. The molecule has 0 saturated carbocycles. The van der Waals surface area contributed by atoms with Crippen molar-refractivity contribution in [2.75, 3.05) is 29.8 Å². The number of halogens is 1. The van der Waals surface area contributed by atoms with Crippen LogP contribution in [0.3, 0.4) is 0 Å². The molecule has 0 fully saturated rings. The summed E-state index contributed by atoms with van der Waals surface area (Å²) < 4.78 is 10.5. The molecule has 174 valence electrons. The number of nitrogens with one attached hydrogen (secondary N) is 2. The second-order valence-corrected chi connectivity index (χ2v) is 8.36. The zero-order chi connectivity index (χ0) is 24.4. The van der Waals surface area contributed by atoms with Crippen LogP contribution in [-0.4, -0.2) is 36.9 Å². The molecule has 0 saturated heterocycles. The molecule has 1 aliphatic rings. The third-order valence-corrected chi connectivity index (χ3v) is 6.11. The van der Waals surface area contributed by atoms with Gasteiger partial charge in [0.1, 0.15) is 22.2 Å². The van der Waals surface area contributed by atoms with E-state index in [0.717, 1.165) is 10.6 Å². The largest absolute Gasteiger partial charge is 0.497 e. The summed E-state index contributed by atoms with van der Waals surface area (Å²) in [5.74, 6) is -0.961. The average Bonchev–Trinajstić information content (AvgIpc) is 3.34. The lowest BCUT2D eigenvalue weighted by molar-refractivity contribution is -0.120. The Morgan fingerprint density at radius 3 is 2.56 bits per heavy atom. The topological polar surface area (TPSA) is 110 Å². The fourth-order valence-corrected chi connectivity index (χ4v) is 4.16. The standard InChI is InChI=1S/C23H19ClN4O5S/c1-12-11-34-23(25-12)27-20(29)13-5-4-6-14(9-13)26-19-18(24)21(30)28(22(19)31)16-8-7-15(32-2)10-17(16)33-3/h4-11,26H,1-3H3,(H,25,27,29). The zero-order valence-corrected chi connectivity index (χ0v) is 19.9. The number of nitrogens with zero attached hydrogens (tertiary/aromatic N) is 2. The maximum Gasteiger partial charge on any atom is 0.283 e. The Labute approximate surface area is 204 Å². The lowest BCUT2D eigenvalue weighted by atomic mass is 10.2. The van der Waals surface area contributed by atoms with Gasteiger partial charge in [-0.05, 0) is 37.3 Å². The number of hydrogen-bond donors (Lipinski definition) is 2. The van der Waals surface area contributed by atoms with E-state index in [2.05, 4.69) is 15.6 Å². The Bertz CT molecular complexity index is 1340. The van der Waals surface area contributed by atoms with E-state index in [1.807, 2.05) is 12.3 Å². The minimum Gasteiger partial charge on any atom is -0.497 e. The molecule has 3 amide bonds. The van der Waals surface area contributed by atoms with E-state index in [-0.39, 0.29) is 28.1 Å². The molecule has 34 heavy (non-hydrogen) atoms. The number of aromatic nitrogens is 1. The number of aryl methyl sites for hydroxylation is 1. The van der Waals surface area contributed by atoms with E-state index in [0.29, 0.717) is 22.1 Å². The van der Waals surface area contributed by atoms with E-state index >= 15 is 0 Å². The Morgan fingerprint density at radius 1 is 1.09 bits per heavy atom. The van der Waals surface area contributed by atoms with Gasteiger partial charge in [-0.3, -0.25) is 19.7 Å². The fourth-order valence-electron chi connectivity index (χ4n) is 3.26. The maximum atomic E-state index is 13.1. The Hall–Kier alpha value is -3.89. The minimum absolute atomic E-state index is 0.113. The summed E-state index contributed by atoms with van der Waals surface area (Å²) in [6, 6.07) is 11.1. The number of imide groups is 1. The molecule has 2 aromatic carbocycles. The number of thiazole rings is 1. The van der Waals surface area contributed by atoms with Crippen molar-refractivity contribution >= 4 is 57.2 Å². The molecular weight excluding hydrogens is 480 g/mol. The van der Waals surface area contributed by atoms with Crippen LogP contribution < -0.4 is 25.0 Å². The zero-order valence-electron chi connectivity index (χ0n) is 18.3. The van der Waals surface area contributed by atoms with Gasteiger partial charge in [0.2, 0.25) is 0 Å². The van der Waals surface area contributed by atoms with Gasteiger partial charge in [-0.1, -0.05) is 17.7 Å². The van der Waals surface area contributed by atoms with Crippen molar-refractivity contribution in [3.63, 3.8) is 0 Å². The number of carbonyl (C=O) groups excluding carboxylic acids is 3. The smallest absolute Gasteiger partial charge is 0.283 e. The van der Waals surface area contributed by atoms with Gasteiger partial charge in [0.15, 0.2) is 5.13 Å². The molecule has 2 N–H and O–H groups in total. The summed E-state index contributed by atoms with van der Waals surface area (Å²) in [5.41, 5.74) is 1.65. The second-order valence-electron chi connectivity index (χ2n) is 7.13. The highest BCUT2D eigenvalue weighted by Crippen LogP contribution is 2.37. The predicted molar refractivity (Wildman–Crippen MR) is 130 cm³/mol. The van der Waals surface area contributed by atoms with Crippen LogP contribution in [0.5, 0.6) is 11.5 Å². The van der Waals surface area contributed by atoms with Crippen LogP contribution in [0, 0.1) is 6.92 Å². The summed E-state index contributed by atoms with van der Waals surface area (Å²) in [4.78, 5) is 43.7. The molecule has 0 bridgehead atoms. The predicted octanol–water partition coefficient (Wildman–Crippen LogP) is 4.16. The SMILES string of the molecule is COc1ccc(N2C(=O)C(Cl)=C(Nc3cccc(C(=O)Nc4nc(C)cs4)c3)C2=O)c(OC)c1. The van der Waals surface area contributed by atoms with E-state index in [9.17, 15) is 14.4 Å². The highest BCUT2D eigenvalue weighted by atomic mass is 35.5. The van der Waals surface area contributed by atoms with E-state index in [1.165, 1.54) is 31.6 Å². The highest BCUT2D eigenvalue weighted by Gasteiger charge is 2.40. The quantitative estimate of drug-likeness (QED) is 0.471. The molecule has 4 rings (SSSR count). The maximum absolute atomic E-state index is 13.1. The van der Waals surface area contributed by atoms with Crippen LogP contribution in [0.2, 0.25) is 0 Å². The van der Waals surface area contributed by atoms with Gasteiger partial charge in [-0.2, -0.15) is 0 Å². The highest BCUT2D eigenvalue weighted by molar-refractivity contribution is 7.13. The van der Waals surface area contributed by atoms with Crippen LogP contribution in [-0.2, 0) is 9.59 Å². The Morgan fingerprint density at radius 2 is 1.88 bits per heavy atom. The monoisotopic (exact) mass is 498 g/mol. The molecule has 1 aromatic heterocycles. The molecule has 1 aliphatic heterocycles. The summed E-state index contributed by atoms with van der Waals surface area (Å²) in [5, 5.41) is 7.62. The minimum atomic E-state index is -0.703. The number of methoxy groups -OCH3 is 2. The Kier molecular flexibility index (Phi) is 6.53. The summed E-state index contributed by atoms with van der Waals surface area (Å²) >= 11 is 7.56. The number of benzene rings is 2. The van der Waals surface area contributed by atoms with Crippen LogP contribution in [0.15, 0.2) is 58.6 Å². The first kappa shape index (κ1) is 23.3. The summed E-state index contributed by atoms with van der Waals surface area (Å²) in [6.07, 6.45) is 0. The number of anilines is 3. The molecule has 0 atom stereocenters. The molecule has 2 heterocycles. The van der Waals surface area contributed by atoms with Gasteiger partial charge >= 0.3 is 0 Å². The lowest BCUT2D eigenvalue weighted by Crippen LogP contribution is -2.32. The van der Waals surface area contributed by atoms with Crippen LogP contribution >= 0.6 is 22.9 Å². The van der Waals surface area contributed by atoms with Crippen molar-refractivity contribution in [3.05, 3.63) is 69.8 Å². The molecule has 3 aromatic rings. The Balaban J connectivity index is 1.57. The van der Waals surface area contributed by atoms with Gasteiger partial charge in [-0.15, -0.1) is 11.3 Å². The lowest BCUT2D eigenvalue weighted by Gasteiger charge is -2.18. The molecular formula is C23H19ClN4O5S. The number of amides is 3. The van der Waals surface area contributed by atoms with Crippen molar-refractivity contribution in [2.24, 2.45) is 0 Å². The molecule has 0 unspecified atom stereocenters. The van der Waals surface area contributed by atoms with Crippen molar-refractivity contribution in [3.8, 4) is 11.5 Å². The van der Waals surface area contributed by atoms with E-state index in [4.69, 9.17) is 21.1 Å². The third-order valence-electron chi connectivity index (χ3n) is 4.89. The molecule has 11 heteroatoms. The third kappa shape index (κ3) is 4.45. The molecule has 0 spiro atoms. The first-order valence-electron chi connectivity index (χ1n) is 9.93. The number of ether oxygens (including phenoxy) is 2.